The lowest BCUT2D eigenvalue weighted by Gasteiger charge is -2.33. The molecule has 1 saturated carbocycles. The fourth-order valence-corrected chi connectivity index (χ4v) is 2.55. The van der Waals surface area contributed by atoms with E-state index in [0.717, 1.165) is 24.9 Å². The van der Waals surface area contributed by atoms with Gasteiger partial charge in [-0.05, 0) is 31.2 Å². The van der Waals surface area contributed by atoms with Gasteiger partial charge in [-0.2, -0.15) is 0 Å². The van der Waals surface area contributed by atoms with Crippen LogP contribution in [0.25, 0.3) is 0 Å². The van der Waals surface area contributed by atoms with Crippen LogP contribution in [0.3, 0.4) is 0 Å². The summed E-state index contributed by atoms with van der Waals surface area (Å²) in [6, 6.07) is 0.563. The fraction of sp³-hybridized carbons (Fsp3) is 1.00. The lowest BCUT2D eigenvalue weighted by molar-refractivity contribution is 0.227. The molecule has 0 aliphatic heterocycles. The van der Waals surface area contributed by atoms with E-state index >= 15 is 0 Å². The highest BCUT2D eigenvalue weighted by atomic mass is 14.9. The second kappa shape index (κ2) is 5.61. The number of rotatable bonds is 4. The zero-order valence-corrected chi connectivity index (χ0v) is 9.05. The first-order valence-electron chi connectivity index (χ1n) is 5.71. The van der Waals surface area contributed by atoms with Crippen molar-refractivity contribution in [1.29, 1.82) is 0 Å². The van der Waals surface area contributed by atoms with Crippen molar-refractivity contribution in [2.75, 3.05) is 13.1 Å². The standard InChI is InChI=1S/C11H24N2/c1-3-13-11(8-12)10-6-4-5-9(2)7-10/h9-11,13H,3-8,12H2,1-2H3. The average Bonchev–Trinajstić information content (AvgIpc) is 2.14. The van der Waals surface area contributed by atoms with Crippen molar-refractivity contribution in [2.24, 2.45) is 17.6 Å². The van der Waals surface area contributed by atoms with Crippen molar-refractivity contribution in [3.63, 3.8) is 0 Å². The Labute approximate surface area is 82.3 Å². The third-order valence-electron chi connectivity index (χ3n) is 3.27. The highest BCUT2D eigenvalue weighted by Crippen LogP contribution is 2.30. The van der Waals surface area contributed by atoms with Gasteiger partial charge in [0.05, 0.1) is 0 Å². The minimum atomic E-state index is 0.563. The Morgan fingerprint density at radius 1 is 1.46 bits per heavy atom. The molecule has 1 fully saturated rings. The molecule has 3 unspecified atom stereocenters. The van der Waals surface area contributed by atoms with Crippen LogP contribution in [0.15, 0.2) is 0 Å². The molecule has 0 saturated heterocycles. The van der Waals surface area contributed by atoms with Crippen LogP contribution in [0.5, 0.6) is 0 Å². The van der Waals surface area contributed by atoms with Gasteiger partial charge in [-0.15, -0.1) is 0 Å². The first-order chi connectivity index (χ1) is 6.27. The van der Waals surface area contributed by atoms with Gasteiger partial charge in [0.2, 0.25) is 0 Å². The number of nitrogens with two attached hydrogens (primary N) is 1. The topological polar surface area (TPSA) is 38.0 Å². The molecule has 0 aromatic heterocycles. The van der Waals surface area contributed by atoms with Crippen LogP contribution in [-0.4, -0.2) is 19.1 Å². The molecule has 0 spiro atoms. The Balaban J connectivity index is 2.37. The maximum Gasteiger partial charge on any atom is 0.0218 e. The number of hydrogen-bond donors (Lipinski definition) is 2. The zero-order chi connectivity index (χ0) is 9.68. The van der Waals surface area contributed by atoms with E-state index in [4.69, 9.17) is 5.73 Å². The molecule has 0 aromatic rings. The van der Waals surface area contributed by atoms with E-state index in [1.54, 1.807) is 0 Å². The van der Waals surface area contributed by atoms with Gasteiger partial charge < -0.3 is 11.1 Å². The number of likely N-dealkylation sites (N-methyl/N-ethyl adjacent to an activating group) is 1. The van der Waals surface area contributed by atoms with Gasteiger partial charge in [-0.25, -0.2) is 0 Å². The Morgan fingerprint density at radius 2 is 2.23 bits per heavy atom. The fourth-order valence-electron chi connectivity index (χ4n) is 2.55. The van der Waals surface area contributed by atoms with Crippen molar-refractivity contribution in [3.05, 3.63) is 0 Å². The molecule has 0 radical (unpaired) electrons. The smallest absolute Gasteiger partial charge is 0.0218 e. The maximum atomic E-state index is 5.77. The summed E-state index contributed by atoms with van der Waals surface area (Å²) < 4.78 is 0. The summed E-state index contributed by atoms with van der Waals surface area (Å²) in [5, 5.41) is 3.50. The van der Waals surface area contributed by atoms with Crippen LogP contribution in [0.1, 0.15) is 39.5 Å². The highest BCUT2D eigenvalue weighted by Gasteiger charge is 2.24. The predicted octanol–water partition coefficient (Wildman–Crippen LogP) is 1.75. The van der Waals surface area contributed by atoms with Crippen LogP contribution in [0.4, 0.5) is 0 Å². The number of hydrogen-bond acceptors (Lipinski definition) is 2. The first kappa shape index (κ1) is 11.0. The van der Waals surface area contributed by atoms with Gasteiger partial charge >= 0.3 is 0 Å². The van der Waals surface area contributed by atoms with E-state index in [0.29, 0.717) is 6.04 Å². The van der Waals surface area contributed by atoms with Gasteiger partial charge in [0.1, 0.15) is 0 Å². The van der Waals surface area contributed by atoms with Crippen molar-refractivity contribution in [1.82, 2.24) is 5.32 Å². The first-order valence-corrected chi connectivity index (χ1v) is 5.71. The second-order valence-electron chi connectivity index (χ2n) is 4.43. The van der Waals surface area contributed by atoms with Crippen LogP contribution in [-0.2, 0) is 0 Å². The molecule has 3 atom stereocenters. The van der Waals surface area contributed by atoms with Crippen LogP contribution < -0.4 is 11.1 Å². The molecule has 0 bridgehead atoms. The van der Waals surface area contributed by atoms with Crippen LogP contribution in [0, 0.1) is 11.8 Å². The van der Waals surface area contributed by atoms with Gasteiger partial charge in [0, 0.05) is 12.6 Å². The van der Waals surface area contributed by atoms with Crippen molar-refractivity contribution < 1.29 is 0 Å². The van der Waals surface area contributed by atoms with Crippen LogP contribution >= 0.6 is 0 Å². The third kappa shape index (κ3) is 3.28. The van der Waals surface area contributed by atoms with E-state index in [2.05, 4.69) is 19.2 Å². The molecule has 2 nitrogen and oxygen atoms in total. The normalized spacial score (nSPS) is 31.6. The van der Waals surface area contributed by atoms with Gasteiger partial charge in [-0.3, -0.25) is 0 Å². The van der Waals surface area contributed by atoms with E-state index in [9.17, 15) is 0 Å². The minimum absolute atomic E-state index is 0.563. The Morgan fingerprint density at radius 3 is 2.77 bits per heavy atom. The molecule has 2 heteroatoms. The Bertz CT molecular complexity index is 136. The molecule has 78 valence electrons. The van der Waals surface area contributed by atoms with Crippen LogP contribution in [0.2, 0.25) is 0 Å². The Kier molecular flexibility index (Phi) is 4.74. The van der Waals surface area contributed by atoms with Crippen molar-refractivity contribution >= 4 is 0 Å². The third-order valence-corrected chi connectivity index (χ3v) is 3.27. The number of nitrogens with one attached hydrogen (secondary N) is 1. The molecular weight excluding hydrogens is 160 g/mol. The molecule has 1 rings (SSSR count). The summed E-state index contributed by atoms with van der Waals surface area (Å²) in [5.74, 6) is 1.74. The SMILES string of the molecule is CCNC(CN)C1CCCC(C)C1. The van der Waals surface area contributed by atoms with E-state index in [1.165, 1.54) is 25.7 Å². The molecule has 1 aliphatic carbocycles. The molecule has 13 heavy (non-hydrogen) atoms. The zero-order valence-electron chi connectivity index (χ0n) is 9.05. The predicted molar refractivity (Wildman–Crippen MR) is 57.6 cm³/mol. The highest BCUT2D eigenvalue weighted by molar-refractivity contribution is 4.81. The summed E-state index contributed by atoms with van der Waals surface area (Å²) in [6.45, 7) is 6.37. The molecule has 0 heterocycles. The monoisotopic (exact) mass is 184 g/mol. The quantitative estimate of drug-likeness (QED) is 0.698. The summed E-state index contributed by atoms with van der Waals surface area (Å²) in [4.78, 5) is 0. The second-order valence-corrected chi connectivity index (χ2v) is 4.43. The summed E-state index contributed by atoms with van der Waals surface area (Å²) >= 11 is 0. The molecule has 3 N–H and O–H groups in total. The van der Waals surface area contributed by atoms with Gasteiger partial charge in [0.15, 0.2) is 0 Å². The minimum Gasteiger partial charge on any atom is -0.329 e. The van der Waals surface area contributed by atoms with Crippen molar-refractivity contribution in [2.45, 2.75) is 45.6 Å². The van der Waals surface area contributed by atoms with E-state index in [-0.39, 0.29) is 0 Å². The molecule has 1 aliphatic rings. The lowest BCUT2D eigenvalue weighted by Crippen LogP contribution is -2.43. The summed E-state index contributed by atoms with van der Waals surface area (Å²) in [6.07, 6.45) is 5.56. The Hall–Kier alpha value is -0.0800. The maximum absolute atomic E-state index is 5.77. The average molecular weight is 184 g/mol. The summed E-state index contributed by atoms with van der Waals surface area (Å²) in [7, 11) is 0. The summed E-state index contributed by atoms with van der Waals surface area (Å²) in [5.41, 5.74) is 5.77. The van der Waals surface area contributed by atoms with Gasteiger partial charge in [0.25, 0.3) is 0 Å². The van der Waals surface area contributed by atoms with E-state index in [1.807, 2.05) is 0 Å². The molecule has 0 aromatic carbocycles. The van der Waals surface area contributed by atoms with Crippen molar-refractivity contribution in [3.8, 4) is 0 Å². The molecular formula is C11H24N2. The lowest BCUT2D eigenvalue weighted by atomic mass is 9.78. The van der Waals surface area contributed by atoms with Gasteiger partial charge in [-0.1, -0.05) is 26.7 Å². The largest absolute Gasteiger partial charge is 0.329 e. The van der Waals surface area contributed by atoms with E-state index < -0.39 is 0 Å². The molecule has 0 amide bonds.